The Morgan fingerprint density at radius 1 is 1.26 bits per heavy atom. The van der Waals surface area contributed by atoms with Crippen LogP contribution in [0.15, 0.2) is 41.4 Å². The molecule has 0 amide bonds. The Morgan fingerprint density at radius 3 is 2.63 bits per heavy atom. The molecule has 7 heteroatoms. The summed E-state index contributed by atoms with van der Waals surface area (Å²) >= 11 is 5.88. The van der Waals surface area contributed by atoms with Gasteiger partial charge in [0.15, 0.2) is 5.82 Å². The van der Waals surface area contributed by atoms with Gasteiger partial charge in [0, 0.05) is 6.20 Å². The summed E-state index contributed by atoms with van der Waals surface area (Å²) in [7, 11) is -3.82. The summed E-state index contributed by atoms with van der Waals surface area (Å²) in [6.45, 7) is 1.67. The zero-order chi connectivity index (χ0) is 14.0. The Bertz CT molecular complexity index is 696. The summed E-state index contributed by atoms with van der Waals surface area (Å²) in [4.78, 5) is 3.92. The lowest BCUT2D eigenvalue weighted by Gasteiger charge is -2.12. The van der Waals surface area contributed by atoms with Crippen LogP contribution in [0.4, 0.5) is 11.5 Å². The van der Waals surface area contributed by atoms with Gasteiger partial charge in [-0.25, -0.2) is 13.4 Å². The summed E-state index contributed by atoms with van der Waals surface area (Å²) in [5.74, 6) is 0.0758. The zero-order valence-corrected chi connectivity index (χ0v) is 11.7. The fourth-order valence-electron chi connectivity index (χ4n) is 1.68. The van der Waals surface area contributed by atoms with Gasteiger partial charge < -0.3 is 5.73 Å². The summed E-state index contributed by atoms with van der Waals surface area (Å²) in [5.41, 5.74) is 6.46. The number of sulfonamides is 1. The molecule has 0 aliphatic heterocycles. The molecule has 0 unspecified atom stereocenters. The van der Waals surface area contributed by atoms with Crippen LogP contribution in [0.2, 0.25) is 5.02 Å². The van der Waals surface area contributed by atoms with Gasteiger partial charge in [0.05, 0.1) is 10.7 Å². The van der Waals surface area contributed by atoms with E-state index in [4.69, 9.17) is 17.3 Å². The summed E-state index contributed by atoms with van der Waals surface area (Å²) in [6.07, 6.45) is 1.45. The van der Waals surface area contributed by atoms with Gasteiger partial charge in [0.1, 0.15) is 4.90 Å². The molecule has 0 fully saturated rings. The normalized spacial score (nSPS) is 11.3. The molecule has 1 heterocycles. The molecule has 1 aromatic carbocycles. The highest BCUT2D eigenvalue weighted by Gasteiger charge is 2.21. The molecule has 1 aromatic heterocycles. The molecule has 0 radical (unpaired) electrons. The van der Waals surface area contributed by atoms with E-state index in [0.29, 0.717) is 5.56 Å². The molecule has 0 spiro atoms. The van der Waals surface area contributed by atoms with Crippen molar-refractivity contribution >= 4 is 33.1 Å². The van der Waals surface area contributed by atoms with Crippen molar-refractivity contribution in [3.63, 3.8) is 0 Å². The third-order valence-electron chi connectivity index (χ3n) is 2.50. The Labute approximate surface area is 116 Å². The molecule has 0 saturated heterocycles. The maximum atomic E-state index is 12.3. The smallest absolute Gasteiger partial charge is 0.265 e. The number of pyridine rings is 1. The highest BCUT2D eigenvalue weighted by atomic mass is 35.5. The first-order valence-electron chi connectivity index (χ1n) is 5.40. The summed E-state index contributed by atoms with van der Waals surface area (Å²) in [6, 6.07) is 8.06. The number of rotatable bonds is 3. The van der Waals surface area contributed by atoms with E-state index in [1.165, 1.54) is 12.3 Å². The predicted molar refractivity (Wildman–Crippen MR) is 75.6 cm³/mol. The van der Waals surface area contributed by atoms with Crippen LogP contribution in [0, 0.1) is 6.92 Å². The van der Waals surface area contributed by atoms with Crippen LogP contribution < -0.4 is 10.5 Å². The molecule has 0 aliphatic carbocycles. The van der Waals surface area contributed by atoms with Crippen LogP contribution in [0.1, 0.15) is 5.56 Å². The van der Waals surface area contributed by atoms with E-state index in [1.807, 2.05) is 0 Å². The first kappa shape index (κ1) is 13.6. The van der Waals surface area contributed by atoms with Crippen molar-refractivity contribution in [2.24, 2.45) is 0 Å². The molecule has 0 atom stereocenters. The van der Waals surface area contributed by atoms with E-state index < -0.39 is 10.0 Å². The van der Waals surface area contributed by atoms with Gasteiger partial charge in [-0.1, -0.05) is 23.7 Å². The predicted octanol–water partition coefficient (Wildman–Crippen LogP) is 2.43. The number of anilines is 2. The lowest BCUT2D eigenvalue weighted by Crippen LogP contribution is -2.17. The molecular formula is C12H12ClN3O2S. The van der Waals surface area contributed by atoms with E-state index in [2.05, 4.69) is 9.71 Å². The first-order chi connectivity index (χ1) is 8.92. The Balaban J connectivity index is 2.47. The Morgan fingerprint density at radius 2 is 2.00 bits per heavy atom. The monoisotopic (exact) mass is 297 g/mol. The Hall–Kier alpha value is -1.79. The number of benzene rings is 1. The highest BCUT2D eigenvalue weighted by Crippen LogP contribution is 2.26. The molecule has 5 nitrogen and oxygen atoms in total. The van der Waals surface area contributed by atoms with Crippen LogP contribution >= 0.6 is 11.6 Å². The fraction of sp³-hybridized carbons (Fsp3) is 0.0833. The van der Waals surface area contributed by atoms with Gasteiger partial charge >= 0.3 is 0 Å². The van der Waals surface area contributed by atoms with Crippen molar-refractivity contribution in [2.45, 2.75) is 11.8 Å². The van der Waals surface area contributed by atoms with E-state index >= 15 is 0 Å². The average molecular weight is 298 g/mol. The van der Waals surface area contributed by atoms with Crippen molar-refractivity contribution in [1.29, 1.82) is 0 Å². The number of aromatic nitrogens is 1. The third kappa shape index (κ3) is 2.80. The average Bonchev–Trinajstić information content (AvgIpc) is 2.31. The third-order valence-corrected chi connectivity index (χ3v) is 4.36. The van der Waals surface area contributed by atoms with Crippen LogP contribution in [-0.4, -0.2) is 13.4 Å². The summed E-state index contributed by atoms with van der Waals surface area (Å²) < 4.78 is 26.9. The largest absolute Gasteiger partial charge is 0.398 e. The fourth-order valence-corrected chi connectivity index (χ4v) is 3.30. The SMILES string of the molecule is Cc1cccc(N)c1S(=O)(=O)Nc1ncccc1Cl. The van der Waals surface area contributed by atoms with Crippen LogP contribution in [0.25, 0.3) is 0 Å². The van der Waals surface area contributed by atoms with Gasteiger partial charge in [-0.15, -0.1) is 0 Å². The minimum atomic E-state index is -3.82. The highest BCUT2D eigenvalue weighted by molar-refractivity contribution is 7.93. The molecule has 2 rings (SSSR count). The molecule has 19 heavy (non-hydrogen) atoms. The number of hydrogen-bond acceptors (Lipinski definition) is 4. The molecule has 2 aromatic rings. The number of hydrogen-bond donors (Lipinski definition) is 2. The lowest BCUT2D eigenvalue weighted by atomic mass is 10.2. The second-order valence-electron chi connectivity index (χ2n) is 3.93. The van der Waals surface area contributed by atoms with E-state index in [0.717, 1.165) is 0 Å². The van der Waals surface area contributed by atoms with E-state index in [9.17, 15) is 8.42 Å². The number of halogens is 1. The number of nitrogen functional groups attached to an aromatic ring is 1. The topological polar surface area (TPSA) is 85.1 Å². The van der Waals surface area contributed by atoms with E-state index in [-0.39, 0.29) is 21.4 Å². The van der Waals surface area contributed by atoms with Crippen molar-refractivity contribution in [3.05, 3.63) is 47.1 Å². The minimum absolute atomic E-state index is 0.0386. The number of aryl methyl sites for hydroxylation is 1. The minimum Gasteiger partial charge on any atom is -0.398 e. The Kier molecular flexibility index (Phi) is 3.64. The number of nitrogens with zero attached hydrogens (tertiary/aromatic N) is 1. The van der Waals surface area contributed by atoms with Crippen LogP contribution in [0.5, 0.6) is 0 Å². The van der Waals surface area contributed by atoms with Crippen LogP contribution in [0.3, 0.4) is 0 Å². The quantitative estimate of drug-likeness (QED) is 0.852. The van der Waals surface area contributed by atoms with Crippen LogP contribution in [-0.2, 0) is 10.0 Å². The summed E-state index contributed by atoms with van der Waals surface area (Å²) in [5, 5.41) is 0.221. The second-order valence-corrected chi connectivity index (χ2v) is 5.96. The van der Waals surface area contributed by atoms with Gasteiger partial charge in [-0.3, -0.25) is 4.72 Å². The standard InChI is InChI=1S/C12H12ClN3O2S/c1-8-4-2-6-10(14)11(8)19(17,18)16-12-9(13)5-3-7-15-12/h2-7H,14H2,1H3,(H,15,16). The van der Waals surface area contributed by atoms with Gasteiger partial charge in [0.2, 0.25) is 0 Å². The van der Waals surface area contributed by atoms with Gasteiger partial charge in [-0.05, 0) is 30.7 Å². The molecule has 3 N–H and O–H groups in total. The van der Waals surface area contributed by atoms with Crippen molar-refractivity contribution in [2.75, 3.05) is 10.5 Å². The molecule has 0 saturated carbocycles. The molecule has 0 bridgehead atoms. The second kappa shape index (κ2) is 5.07. The maximum absolute atomic E-state index is 12.3. The van der Waals surface area contributed by atoms with Crippen molar-refractivity contribution in [3.8, 4) is 0 Å². The van der Waals surface area contributed by atoms with E-state index in [1.54, 1.807) is 31.2 Å². The molecule has 0 aliphatic rings. The molecular weight excluding hydrogens is 286 g/mol. The first-order valence-corrected chi connectivity index (χ1v) is 7.26. The van der Waals surface area contributed by atoms with Gasteiger partial charge in [0.25, 0.3) is 10.0 Å². The molecule has 100 valence electrons. The van der Waals surface area contributed by atoms with Crippen molar-refractivity contribution < 1.29 is 8.42 Å². The number of nitrogens with one attached hydrogen (secondary N) is 1. The number of nitrogens with two attached hydrogens (primary N) is 1. The maximum Gasteiger partial charge on any atom is 0.265 e. The lowest BCUT2D eigenvalue weighted by molar-refractivity contribution is 0.601. The zero-order valence-electron chi connectivity index (χ0n) is 10.1. The van der Waals surface area contributed by atoms with Gasteiger partial charge in [-0.2, -0.15) is 0 Å². The van der Waals surface area contributed by atoms with Crippen molar-refractivity contribution in [1.82, 2.24) is 4.98 Å².